The number of anilines is 2. The van der Waals surface area contributed by atoms with Crippen molar-refractivity contribution in [3.8, 4) is 0 Å². The summed E-state index contributed by atoms with van der Waals surface area (Å²) in [6.07, 6.45) is 1.37. The Bertz CT molecular complexity index is 1130. The zero-order chi connectivity index (χ0) is 21.6. The predicted octanol–water partition coefficient (Wildman–Crippen LogP) is 2.19. The average Bonchev–Trinajstić information content (AvgIpc) is 3.27. The fourth-order valence-electron chi connectivity index (χ4n) is 4.39. The van der Waals surface area contributed by atoms with Crippen LogP contribution in [0.4, 0.5) is 11.4 Å². The zero-order valence-corrected chi connectivity index (χ0v) is 18.1. The summed E-state index contributed by atoms with van der Waals surface area (Å²) in [6, 6.07) is 12.5. The molecular weight excluding hydrogens is 402 g/mol. The lowest BCUT2D eigenvalue weighted by molar-refractivity contribution is -0.118. The lowest BCUT2D eigenvalue weighted by atomic mass is 10.1. The van der Waals surface area contributed by atoms with Gasteiger partial charge in [-0.25, -0.2) is 8.42 Å². The number of sulfonamides is 1. The second-order valence-corrected chi connectivity index (χ2v) is 9.96. The molecule has 0 N–H and O–H groups in total. The summed E-state index contributed by atoms with van der Waals surface area (Å²) >= 11 is 0. The van der Waals surface area contributed by atoms with E-state index in [4.69, 9.17) is 0 Å². The second kappa shape index (κ2) is 7.52. The van der Waals surface area contributed by atoms with E-state index in [1.807, 2.05) is 31.2 Å². The molecule has 1 atom stereocenters. The molecule has 0 aromatic heterocycles. The first kappa shape index (κ1) is 20.6. The molecule has 0 saturated heterocycles. The van der Waals surface area contributed by atoms with Gasteiger partial charge in [-0.1, -0.05) is 18.2 Å². The van der Waals surface area contributed by atoms with Crippen molar-refractivity contribution < 1.29 is 18.0 Å². The number of rotatable bonds is 4. The highest BCUT2D eigenvalue weighted by Gasteiger charge is 2.32. The van der Waals surface area contributed by atoms with Crippen molar-refractivity contribution in [3.63, 3.8) is 0 Å². The number of hydrogen-bond donors (Lipinski definition) is 0. The summed E-state index contributed by atoms with van der Waals surface area (Å²) < 4.78 is 27.3. The molecule has 2 aromatic rings. The van der Waals surface area contributed by atoms with E-state index in [-0.39, 0.29) is 29.3 Å². The summed E-state index contributed by atoms with van der Waals surface area (Å²) in [6.45, 7) is 3.77. The number of carbonyl (C=O) groups is 2. The van der Waals surface area contributed by atoms with Crippen LogP contribution in [-0.2, 0) is 32.5 Å². The van der Waals surface area contributed by atoms with Gasteiger partial charge in [0, 0.05) is 37.9 Å². The summed E-state index contributed by atoms with van der Waals surface area (Å²) in [7, 11) is -2.41. The highest BCUT2D eigenvalue weighted by Crippen LogP contribution is 2.34. The van der Waals surface area contributed by atoms with Crippen molar-refractivity contribution in [1.29, 1.82) is 0 Å². The van der Waals surface area contributed by atoms with Crippen LogP contribution in [0.5, 0.6) is 0 Å². The topological polar surface area (TPSA) is 78.0 Å². The van der Waals surface area contributed by atoms with E-state index in [0.717, 1.165) is 33.2 Å². The van der Waals surface area contributed by atoms with E-state index < -0.39 is 10.0 Å². The van der Waals surface area contributed by atoms with Gasteiger partial charge in [0.1, 0.15) is 0 Å². The Morgan fingerprint density at radius 1 is 1.10 bits per heavy atom. The third kappa shape index (κ3) is 3.40. The van der Waals surface area contributed by atoms with E-state index in [9.17, 15) is 18.0 Å². The van der Waals surface area contributed by atoms with E-state index in [1.165, 1.54) is 20.0 Å². The summed E-state index contributed by atoms with van der Waals surface area (Å²) in [5.74, 6) is -0.311. The number of benzene rings is 2. The van der Waals surface area contributed by atoms with Crippen LogP contribution in [0.3, 0.4) is 0 Å². The maximum Gasteiger partial charge on any atom is 0.243 e. The molecular formula is C22H25N3O4S. The molecule has 2 amide bonds. The normalized spacial score (nSPS) is 17.9. The molecule has 2 aromatic carbocycles. The van der Waals surface area contributed by atoms with Gasteiger partial charge in [0.2, 0.25) is 21.8 Å². The van der Waals surface area contributed by atoms with E-state index in [2.05, 4.69) is 0 Å². The molecule has 2 aliphatic heterocycles. The molecule has 8 heteroatoms. The standard InChI is InChI=1S/C22H25N3O4S/c1-15-12-18-13-19(8-9-21(18)25(15)16(2)26)30(28,29)23(3)14-22(27)24-11-10-17-6-4-5-7-20(17)24/h4-9,13,15H,10-12,14H2,1-3H3/t15-/m1/s1. The van der Waals surface area contributed by atoms with Crippen LogP contribution in [0.25, 0.3) is 0 Å². The third-order valence-corrected chi connectivity index (χ3v) is 7.66. The Morgan fingerprint density at radius 3 is 2.57 bits per heavy atom. The first-order valence-corrected chi connectivity index (χ1v) is 11.4. The minimum absolute atomic E-state index is 0.00926. The van der Waals surface area contributed by atoms with Crippen molar-refractivity contribution in [2.45, 2.75) is 37.6 Å². The van der Waals surface area contributed by atoms with Crippen LogP contribution in [0.2, 0.25) is 0 Å². The predicted molar refractivity (Wildman–Crippen MR) is 115 cm³/mol. The molecule has 0 unspecified atom stereocenters. The molecule has 7 nitrogen and oxygen atoms in total. The van der Waals surface area contributed by atoms with Crippen molar-refractivity contribution in [1.82, 2.24) is 4.31 Å². The summed E-state index contributed by atoms with van der Waals surface area (Å²) in [5.41, 5.74) is 3.52. The molecule has 0 radical (unpaired) electrons. The molecule has 0 bridgehead atoms. The van der Waals surface area contributed by atoms with E-state index in [0.29, 0.717) is 13.0 Å². The van der Waals surface area contributed by atoms with Crippen LogP contribution in [0, 0.1) is 0 Å². The molecule has 0 fully saturated rings. The Balaban J connectivity index is 1.54. The fourth-order valence-corrected chi connectivity index (χ4v) is 5.56. The summed E-state index contributed by atoms with van der Waals surface area (Å²) in [4.78, 5) is 28.2. The molecule has 158 valence electrons. The maximum absolute atomic E-state index is 13.1. The average molecular weight is 428 g/mol. The van der Waals surface area contributed by atoms with Gasteiger partial charge in [-0.15, -0.1) is 0 Å². The first-order valence-electron chi connectivity index (χ1n) is 9.97. The molecule has 0 aliphatic carbocycles. The number of fused-ring (bicyclic) bond motifs is 2. The quantitative estimate of drug-likeness (QED) is 0.749. The van der Waals surface area contributed by atoms with Crippen LogP contribution < -0.4 is 9.80 Å². The highest BCUT2D eigenvalue weighted by molar-refractivity contribution is 7.89. The lowest BCUT2D eigenvalue weighted by Crippen LogP contribution is -2.40. The molecule has 2 aliphatic rings. The monoisotopic (exact) mass is 427 g/mol. The minimum Gasteiger partial charge on any atom is -0.311 e. The van der Waals surface area contributed by atoms with Gasteiger partial charge in [0.25, 0.3) is 0 Å². The number of carbonyl (C=O) groups excluding carboxylic acids is 2. The zero-order valence-electron chi connectivity index (χ0n) is 17.3. The van der Waals surface area contributed by atoms with Gasteiger partial charge < -0.3 is 9.80 Å². The van der Waals surface area contributed by atoms with Crippen LogP contribution >= 0.6 is 0 Å². The SMILES string of the molecule is CC(=O)N1c2ccc(S(=O)(=O)N(C)CC(=O)N3CCc4ccccc43)cc2C[C@H]1C. The van der Waals surface area contributed by atoms with Gasteiger partial charge in [-0.05, 0) is 55.2 Å². The number of amides is 2. The highest BCUT2D eigenvalue weighted by atomic mass is 32.2. The minimum atomic E-state index is -3.84. The van der Waals surface area contributed by atoms with E-state index >= 15 is 0 Å². The van der Waals surface area contributed by atoms with Crippen LogP contribution in [-0.4, -0.2) is 50.7 Å². The Kier molecular flexibility index (Phi) is 5.15. The molecule has 0 spiro atoms. The molecule has 30 heavy (non-hydrogen) atoms. The largest absolute Gasteiger partial charge is 0.311 e. The van der Waals surface area contributed by atoms with E-state index in [1.54, 1.807) is 21.9 Å². The van der Waals surface area contributed by atoms with Crippen molar-refractivity contribution in [3.05, 3.63) is 53.6 Å². The van der Waals surface area contributed by atoms with Crippen molar-refractivity contribution in [2.24, 2.45) is 0 Å². The van der Waals surface area contributed by atoms with Gasteiger partial charge in [-0.2, -0.15) is 4.31 Å². The molecule has 2 heterocycles. The van der Waals surface area contributed by atoms with Crippen LogP contribution in [0.15, 0.2) is 47.4 Å². The summed E-state index contributed by atoms with van der Waals surface area (Å²) in [5, 5.41) is 0. The Labute approximate surface area is 176 Å². The van der Waals surface area contributed by atoms with Crippen LogP contribution in [0.1, 0.15) is 25.0 Å². The number of nitrogens with zero attached hydrogens (tertiary/aromatic N) is 3. The number of likely N-dealkylation sites (N-methyl/N-ethyl adjacent to an activating group) is 1. The maximum atomic E-state index is 13.1. The van der Waals surface area contributed by atoms with Gasteiger partial charge in [0.15, 0.2) is 0 Å². The van der Waals surface area contributed by atoms with Crippen molar-refractivity contribution in [2.75, 3.05) is 29.9 Å². The Morgan fingerprint density at radius 2 is 1.83 bits per heavy atom. The fraction of sp³-hybridized carbons (Fsp3) is 0.364. The number of para-hydroxylation sites is 1. The Hall–Kier alpha value is -2.71. The van der Waals surface area contributed by atoms with Crippen molar-refractivity contribution >= 4 is 33.2 Å². The second-order valence-electron chi connectivity index (χ2n) is 7.92. The smallest absolute Gasteiger partial charge is 0.243 e. The van der Waals surface area contributed by atoms with Gasteiger partial charge in [-0.3, -0.25) is 9.59 Å². The third-order valence-electron chi connectivity index (χ3n) is 5.86. The number of hydrogen-bond acceptors (Lipinski definition) is 4. The first-order chi connectivity index (χ1) is 14.2. The van der Waals surface area contributed by atoms with Gasteiger partial charge >= 0.3 is 0 Å². The molecule has 4 rings (SSSR count). The molecule has 0 saturated carbocycles. The van der Waals surface area contributed by atoms with Gasteiger partial charge in [0.05, 0.1) is 11.4 Å². The lowest BCUT2D eigenvalue weighted by Gasteiger charge is -2.23.